The molecule has 0 spiro atoms. The summed E-state index contributed by atoms with van der Waals surface area (Å²) in [7, 11) is 0. The highest BCUT2D eigenvalue weighted by molar-refractivity contribution is 7.14. The number of nitrogens with zero attached hydrogens (tertiary/aromatic N) is 5. The Morgan fingerprint density at radius 3 is 3.07 bits per heavy atom. The fourth-order valence-corrected chi connectivity index (χ4v) is 4.82. The van der Waals surface area contributed by atoms with Crippen LogP contribution in [0.2, 0.25) is 0 Å². The molecule has 138 valence electrons. The van der Waals surface area contributed by atoms with Gasteiger partial charge in [0.25, 0.3) is 0 Å². The second-order valence-corrected chi connectivity index (χ2v) is 8.31. The van der Waals surface area contributed by atoms with Crippen LogP contribution in [0.4, 0.5) is 11.1 Å². The number of guanidine groups is 1. The summed E-state index contributed by atoms with van der Waals surface area (Å²) in [5, 5.41) is 11.5. The maximum atomic E-state index is 4.77. The van der Waals surface area contributed by atoms with Crippen molar-refractivity contribution >= 4 is 39.7 Å². The molecule has 0 fully saturated rings. The van der Waals surface area contributed by atoms with Crippen molar-refractivity contribution in [1.82, 2.24) is 20.3 Å². The molecule has 0 bridgehead atoms. The van der Waals surface area contributed by atoms with Gasteiger partial charge < -0.3 is 15.5 Å². The van der Waals surface area contributed by atoms with Crippen LogP contribution in [0.3, 0.4) is 0 Å². The first-order valence-corrected chi connectivity index (χ1v) is 10.8. The van der Waals surface area contributed by atoms with Gasteiger partial charge in [0.1, 0.15) is 5.69 Å². The van der Waals surface area contributed by atoms with Crippen molar-refractivity contribution in [3.63, 3.8) is 0 Å². The topological polar surface area (TPSA) is 78.3 Å². The zero-order valence-electron chi connectivity index (χ0n) is 14.7. The van der Waals surface area contributed by atoms with Gasteiger partial charge in [0.05, 0.1) is 5.69 Å². The molecule has 2 aliphatic rings. The lowest BCUT2D eigenvalue weighted by Crippen LogP contribution is -2.35. The monoisotopic (exact) mass is 397 g/mol. The molecular weight excluding hydrogens is 378 g/mol. The van der Waals surface area contributed by atoms with Crippen LogP contribution in [0, 0.1) is 0 Å². The number of anilines is 2. The largest absolute Gasteiger partial charge is 0.356 e. The van der Waals surface area contributed by atoms with Crippen molar-refractivity contribution in [2.75, 3.05) is 29.9 Å². The van der Waals surface area contributed by atoms with Crippen LogP contribution in [-0.2, 0) is 13.0 Å². The SMILES string of the molecule is c1cc(-c2csc(NC3=NCCCN3)n2)nc(N2CCc3sccc3C2)n1. The minimum Gasteiger partial charge on any atom is -0.356 e. The van der Waals surface area contributed by atoms with Gasteiger partial charge in [-0.1, -0.05) is 0 Å². The molecule has 5 rings (SSSR count). The van der Waals surface area contributed by atoms with Gasteiger partial charge >= 0.3 is 0 Å². The average Bonchev–Trinajstić information content (AvgIpc) is 3.38. The Hall–Kier alpha value is -2.52. The van der Waals surface area contributed by atoms with Gasteiger partial charge in [-0.05, 0) is 35.9 Å². The van der Waals surface area contributed by atoms with Crippen molar-refractivity contribution in [2.24, 2.45) is 4.99 Å². The average molecular weight is 398 g/mol. The van der Waals surface area contributed by atoms with Crippen LogP contribution in [0.1, 0.15) is 16.9 Å². The summed E-state index contributed by atoms with van der Waals surface area (Å²) >= 11 is 3.40. The zero-order valence-corrected chi connectivity index (χ0v) is 16.3. The van der Waals surface area contributed by atoms with Gasteiger partial charge in [-0.2, -0.15) is 0 Å². The molecule has 27 heavy (non-hydrogen) atoms. The molecule has 0 aliphatic carbocycles. The number of aliphatic imine (C=N–C) groups is 1. The first-order valence-electron chi connectivity index (χ1n) is 9.00. The molecular formula is C18H19N7S2. The molecule has 7 nitrogen and oxygen atoms in total. The zero-order chi connectivity index (χ0) is 18.1. The fraction of sp³-hybridized carbons (Fsp3) is 0.333. The summed E-state index contributed by atoms with van der Waals surface area (Å²) in [5.41, 5.74) is 3.09. The Kier molecular flexibility index (Phi) is 4.46. The van der Waals surface area contributed by atoms with E-state index in [0.717, 1.165) is 67.4 Å². The van der Waals surface area contributed by atoms with Crippen molar-refractivity contribution in [2.45, 2.75) is 19.4 Å². The van der Waals surface area contributed by atoms with Crippen LogP contribution < -0.4 is 15.5 Å². The van der Waals surface area contributed by atoms with E-state index in [-0.39, 0.29) is 0 Å². The molecule has 0 aromatic carbocycles. The molecule has 0 radical (unpaired) electrons. The Labute approximate surface area is 165 Å². The minimum absolute atomic E-state index is 0.769. The molecule has 2 N–H and O–H groups in total. The fourth-order valence-electron chi connectivity index (χ4n) is 3.23. The molecule has 5 heterocycles. The summed E-state index contributed by atoms with van der Waals surface area (Å²) in [6, 6.07) is 4.12. The van der Waals surface area contributed by atoms with E-state index < -0.39 is 0 Å². The summed E-state index contributed by atoms with van der Waals surface area (Å²) < 4.78 is 0. The molecule has 0 saturated carbocycles. The molecule has 3 aromatic rings. The van der Waals surface area contributed by atoms with Gasteiger partial charge in [0, 0.05) is 42.6 Å². The number of thiophene rings is 1. The molecule has 2 aliphatic heterocycles. The molecule has 0 saturated heterocycles. The lowest BCUT2D eigenvalue weighted by Gasteiger charge is -2.27. The van der Waals surface area contributed by atoms with E-state index in [2.05, 4.69) is 41.9 Å². The molecule has 9 heteroatoms. The van der Waals surface area contributed by atoms with Gasteiger partial charge in [-0.3, -0.25) is 4.99 Å². The summed E-state index contributed by atoms with van der Waals surface area (Å²) in [5.74, 6) is 1.57. The maximum Gasteiger partial charge on any atom is 0.226 e. The summed E-state index contributed by atoms with van der Waals surface area (Å²) in [4.78, 5) is 22.1. The highest BCUT2D eigenvalue weighted by Gasteiger charge is 2.20. The number of hydrogen-bond donors (Lipinski definition) is 2. The standard InChI is InChI=1S/C18H19N7S2/c1-5-19-16(20-6-1)24-18-23-14(11-27-18)13-2-7-21-17(22-13)25-8-3-15-12(10-25)4-9-26-15/h2,4,7,9,11H,1,3,5-6,8,10H2,(H2,19,20,23,24). The van der Waals surface area contributed by atoms with E-state index in [9.17, 15) is 0 Å². The van der Waals surface area contributed by atoms with Crippen LogP contribution in [0.15, 0.2) is 34.1 Å². The molecule has 3 aromatic heterocycles. The number of fused-ring (bicyclic) bond motifs is 1. The number of aromatic nitrogens is 3. The summed E-state index contributed by atoms with van der Waals surface area (Å²) in [6.07, 6.45) is 3.95. The molecule has 0 amide bonds. The Balaban J connectivity index is 1.34. The van der Waals surface area contributed by atoms with E-state index >= 15 is 0 Å². The lowest BCUT2D eigenvalue weighted by atomic mass is 10.1. The second-order valence-electron chi connectivity index (χ2n) is 6.46. The Morgan fingerprint density at radius 1 is 1.15 bits per heavy atom. The number of rotatable bonds is 3. The van der Waals surface area contributed by atoms with Crippen LogP contribution in [0.25, 0.3) is 11.4 Å². The highest BCUT2D eigenvalue weighted by atomic mass is 32.1. The first-order chi connectivity index (χ1) is 13.3. The van der Waals surface area contributed by atoms with Crippen LogP contribution in [0.5, 0.6) is 0 Å². The van der Waals surface area contributed by atoms with E-state index in [0.29, 0.717) is 0 Å². The Morgan fingerprint density at radius 2 is 2.15 bits per heavy atom. The van der Waals surface area contributed by atoms with E-state index in [1.165, 1.54) is 10.4 Å². The quantitative estimate of drug-likeness (QED) is 0.707. The third-order valence-electron chi connectivity index (χ3n) is 4.62. The van der Waals surface area contributed by atoms with Gasteiger partial charge in [-0.25, -0.2) is 15.0 Å². The van der Waals surface area contributed by atoms with Crippen molar-refractivity contribution in [1.29, 1.82) is 0 Å². The van der Waals surface area contributed by atoms with E-state index in [1.54, 1.807) is 11.3 Å². The van der Waals surface area contributed by atoms with Gasteiger partial charge in [0.15, 0.2) is 11.1 Å². The van der Waals surface area contributed by atoms with Crippen LogP contribution >= 0.6 is 22.7 Å². The van der Waals surface area contributed by atoms with Gasteiger partial charge in [0.2, 0.25) is 5.95 Å². The predicted octanol–water partition coefficient (Wildman–Crippen LogP) is 2.99. The molecule has 0 unspecified atom stereocenters. The third kappa shape index (κ3) is 3.52. The highest BCUT2D eigenvalue weighted by Crippen LogP contribution is 2.28. The lowest BCUT2D eigenvalue weighted by molar-refractivity contribution is 0.718. The van der Waals surface area contributed by atoms with Gasteiger partial charge in [-0.15, -0.1) is 22.7 Å². The number of thiazole rings is 1. The first kappa shape index (κ1) is 16.6. The maximum absolute atomic E-state index is 4.77. The van der Waals surface area contributed by atoms with E-state index in [1.807, 2.05) is 29.0 Å². The van der Waals surface area contributed by atoms with E-state index in [4.69, 9.17) is 4.98 Å². The van der Waals surface area contributed by atoms with Crippen molar-refractivity contribution in [3.8, 4) is 11.4 Å². The number of hydrogen-bond acceptors (Lipinski definition) is 9. The van der Waals surface area contributed by atoms with Crippen LogP contribution in [-0.4, -0.2) is 40.5 Å². The van der Waals surface area contributed by atoms with Crippen molar-refractivity contribution in [3.05, 3.63) is 39.5 Å². The smallest absolute Gasteiger partial charge is 0.226 e. The Bertz CT molecular complexity index is 978. The minimum atomic E-state index is 0.769. The second kappa shape index (κ2) is 7.24. The predicted molar refractivity (Wildman–Crippen MR) is 111 cm³/mol. The van der Waals surface area contributed by atoms with Crippen molar-refractivity contribution < 1.29 is 0 Å². The summed E-state index contributed by atoms with van der Waals surface area (Å²) in [6.45, 7) is 3.62. The number of nitrogens with one attached hydrogen (secondary N) is 2. The normalized spacial score (nSPS) is 16.4. The molecule has 0 atom stereocenters. The third-order valence-corrected chi connectivity index (χ3v) is 6.40.